The fraction of sp³-hybridized carbons (Fsp3) is 0.778. The van der Waals surface area contributed by atoms with E-state index < -0.39 is 20.0 Å². The Morgan fingerprint density at radius 1 is 0.396 bits per heavy atom. The maximum absolute atomic E-state index is 13.7. The van der Waals surface area contributed by atoms with Crippen molar-refractivity contribution < 1.29 is 37.3 Å². The minimum Gasteiger partial charge on any atom is -0.456 e. The Bertz CT molecular complexity index is 1880. The number of carbonyl (C=O) groups excluding carboxylic acids is 2. The van der Waals surface area contributed by atoms with Gasteiger partial charge >= 0.3 is 13.8 Å². The number of ether oxygens (including phenoxy) is 1. The summed E-state index contributed by atoms with van der Waals surface area (Å²) >= 11 is 0. The zero-order chi connectivity index (χ0) is 66.3. The third-order valence-electron chi connectivity index (χ3n) is 17.0. The van der Waals surface area contributed by atoms with Gasteiger partial charge in [-0.2, -0.15) is 0 Å². The van der Waals surface area contributed by atoms with Crippen LogP contribution in [-0.2, 0) is 27.9 Å². The standard InChI is InChI=1S/C81H147N2O7P/c1-7-10-13-16-19-22-25-28-30-32-34-36-38-40-41-43-44-46-48-50-52-55-58-61-64-67-70-73-80(84)82-78(77-89-91(86,87)88-76-75-83(4,5)6)79(72-69-66-63-60-57-54-27-24-21-18-15-12-9-3)90-81(85)74-71-68-65-62-59-56-53-51-49-47-45-42-39-37-35-33-31-29-26-23-20-17-14-11-8-2/h10,13,19,22,28-31,34,36,40-41,44,46,69,72,78-79H,7-9,11-12,14-18,20-21,23-27,32-33,35,37-39,42-43,45,47-68,70-71,73-77H2,1-6H3,(H-,82,84,86,87)/p+1/b13-10-,22-19-,30-28-,31-29+,36-34-,41-40-,46-44-,72-69+. The van der Waals surface area contributed by atoms with Crippen LogP contribution in [0.4, 0.5) is 0 Å². The molecule has 0 aromatic carbocycles. The van der Waals surface area contributed by atoms with Crippen molar-refractivity contribution >= 4 is 19.7 Å². The Kier molecular flexibility index (Phi) is 67.4. The Labute approximate surface area is 564 Å². The molecule has 0 aliphatic heterocycles. The van der Waals surface area contributed by atoms with E-state index in [1.54, 1.807) is 0 Å². The number of hydrogen-bond donors (Lipinski definition) is 2. The summed E-state index contributed by atoms with van der Waals surface area (Å²) < 4.78 is 30.9. The van der Waals surface area contributed by atoms with E-state index in [1.807, 2.05) is 33.3 Å². The average molecular weight is 1290 g/mol. The molecule has 528 valence electrons. The third kappa shape index (κ3) is 71.1. The first-order chi connectivity index (χ1) is 44.4. The highest BCUT2D eigenvalue weighted by Gasteiger charge is 2.30. The number of nitrogens with zero attached hydrogens (tertiary/aromatic N) is 1. The van der Waals surface area contributed by atoms with Gasteiger partial charge < -0.3 is 19.4 Å². The van der Waals surface area contributed by atoms with Crippen LogP contribution in [0.5, 0.6) is 0 Å². The van der Waals surface area contributed by atoms with E-state index in [0.717, 1.165) is 109 Å². The lowest BCUT2D eigenvalue weighted by molar-refractivity contribution is -0.870. The number of phosphoric acid groups is 1. The Balaban J connectivity index is 5.03. The summed E-state index contributed by atoms with van der Waals surface area (Å²) in [4.78, 5) is 38.0. The van der Waals surface area contributed by atoms with E-state index in [2.05, 4.69) is 111 Å². The van der Waals surface area contributed by atoms with Gasteiger partial charge in [0.05, 0.1) is 33.8 Å². The van der Waals surface area contributed by atoms with Gasteiger partial charge in [0, 0.05) is 12.8 Å². The van der Waals surface area contributed by atoms with E-state index >= 15 is 0 Å². The molecule has 3 atom stereocenters. The number of unbranched alkanes of at least 4 members (excludes halogenated alkanes) is 40. The number of likely N-dealkylation sites (N-methyl/N-ethyl adjacent to an activating group) is 1. The smallest absolute Gasteiger partial charge is 0.456 e. The predicted molar refractivity (Wildman–Crippen MR) is 397 cm³/mol. The number of carbonyl (C=O) groups is 2. The summed E-state index contributed by atoms with van der Waals surface area (Å²) in [5.41, 5.74) is 0. The molecule has 1 amide bonds. The number of hydrogen-bond acceptors (Lipinski definition) is 6. The normalized spacial score (nSPS) is 14.0. The van der Waals surface area contributed by atoms with Crippen LogP contribution in [0.3, 0.4) is 0 Å². The van der Waals surface area contributed by atoms with Crippen LogP contribution in [0.15, 0.2) is 97.2 Å². The summed E-state index contributed by atoms with van der Waals surface area (Å²) in [6, 6.07) is -0.859. The summed E-state index contributed by atoms with van der Waals surface area (Å²) in [6.45, 7) is 6.93. The van der Waals surface area contributed by atoms with Crippen molar-refractivity contribution in [2.75, 3.05) is 40.9 Å². The molecule has 0 aliphatic carbocycles. The highest BCUT2D eigenvalue weighted by Crippen LogP contribution is 2.43. The summed E-state index contributed by atoms with van der Waals surface area (Å²) in [5.74, 6) is -0.505. The lowest BCUT2D eigenvalue weighted by Gasteiger charge is -2.27. The van der Waals surface area contributed by atoms with Gasteiger partial charge in [0.25, 0.3) is 0 Å². The zero-order valence-corrected chi connectivity index (χ0v) is 61.5. The SMILES string of the molecule is CC/C=C\C/C=C\C/C=C\C/C=C\C/C=C\C/C=C\CCCCCCCCCCC(=O)NC(COP(=O)(O)OCC[N+](C)(C)C)C(/C=C/CCCCCCCCCCCCC)OC(=O)CCCCCCCCCCCCCCCCC/C=C/CCCCCCCC. The highest BCUT2D eigenvalue weighted by atomic mass is 31.2. The number of esters is 1. The number of nitrogens with one attached hydrogen (secondary N) is 1. The van der Waals surface area contributed by atoms with Crippen molar-refractivity contribution in [2.45, 2.75) is 367 Å². The number of allylic oxidation sites excluding steroid dienone is 15. The summed E-state index contributed by atoms with van der Waals surface area (Å²) in [6.07, 6.45) is 95.7. The molecule has 0 aromatic rings. The van der Waals surface area contributed by atoms with Crippen LogP contribution in [0.2, 0.25) is 0 Å². The second-order valence-electron chi connectivity index (χ2n) is 27.1. The molecular weight excluding hydrogens is 1140 g/mol. The Hall–Kier alpha value is -3.07. The first kappa shape index (κ1) is 87.9. The van der Waals surface area contributed by atoms with E-state index in [-0.39, 0.29) is 31.5 Å². The van der Waals surface area contributed by atoms with Gasteiger partial charge in [0.15, 0.2) is 0 Å². The van der Waals surface area contributed by atoms with Crippen LogP contribution >= 0.6 is 7.82 Å². The minimum absolute atomic E-state index is 0.0359. The molecule has 0 fully saturated rings. The second-order valence-corrected chi connectivity index (χ2v) is 28.6. The van der Waals surface area contributed by atoms with Crippen LogP contribution in [0.1, 0.15) is 355 Å². The van der Waals surface area contributed by atoms with E-state index in [1.165, 1.54) is 212 Å². The lowest BCUT2D eigenvalue weighted by atomic mass is 10.0. The van der Waals surface area contributed by atoms with Crippen LogP contribution < -0.4 is 5.32 Å². The third-order valence-corrected chi connectivity index (χ3v) is 18.0. The van der Waals surface area contributed by atoms with Crippen LogP contribution in [-0.4, -0.2) is 74.3 Å². The van der Waals surface area contributed by atoms with E-state index in [9.17, 15) is 19.0 Å². The molecule has 9 nitrogen and oxygen atoms in total. The van der Waals surface area contributed by atoms with Gasteiger partial charge in [-0.1, -0.05) is 330 Å². The molecule has 0 saturated heterocycles. The fourth-order valence-corrected chi connectivity index (χ4v) is 11.9. The van der Waals surface area contributed by atoms with Gasteiger partial charge in [0.1, 0.15) is 19.3 Å². The predicted octanol–water partition coefficient (Wildman–Crippen LogP) is 25.0. The van der Waals surface area contributed by atoms with Crippen molar-refractivity contribution in [1.82, 2.24) is 5.32 Å². The molecule has 0 saturated carbocycles. The average Bonchev–Trinajstić information content (AvgIpc) is 3.45. The molecule has 0 rings (SSSR count). The van der Waals surface area contributed by atoms with Gasteiger partial charge in [-0.15, -0.1) is 0 Å². The van der Waals surface area contributed by atoms with Crippen LogP contribution in [0, 0.1) is 0 Å². The number of amides is 1. The molecule has 2 N–H and O–H groups in total. The first-order valence-electron chi connectivity index (χ1n) is 38.6. The largest absolute Gasteiger partial charge is 0.472 e. The monoisotopic (exact) mass is 1290 g/mol. The highest BCUT2D eigenvalue weighted by molar-refractivity contribution is 7.47. The van der Waals surface area contributed by atoms with E-state index in [4.69, 9.17) is 13.8 Å². The summed E-state index contributed by atoms with van der Waals surface area (Å²) in [5, 5.41) is 3.08. The fourth-order valence-electron chi connectivity index (χ4n) is 11.1. The first-order valence-corrected chi connectivity index (χ1v) is 40.1. The number of rotatable bonds is 70. The van der Waals surface area contributed by atoms with Crippen molar-refractivity contribution in [3.05, 3.63) is 97.2 Å². The molecule has 0 heterocycles. The maximum atomic E-state index is 13.7. The summed E-state index contributed by atoms with van der Waals surface area (Å²) in [7, 11) is 1.49. The van der Waals surface area contributed by atoms with E-state index in [0.29, 0.717) is 17.4 Å². The van der Waals surface area contributed by atoms with Crippen LogP contribution in [0.25, 0.3) is 0 Å². The van der Waals surface area contributed by atoms with Gasteiger partial charge in [-0.3, -0.25) is 18.6 Å². The number of quaternary nitrogens is 1. The second kappa shape index (κ2) is 69.8. The Morgan fingerprint density at radius 3 is 1.07 bits per heavy atom. The molecule has 0 spiro atoms. The molecule has 10 heteroatoms. The molecular formula is C81H148N2O7P+. The van der Waals surface area contributed by atoms with Gasteiger partial charge in [0.2, 0.25) is 5.91 Å². The van der Waals surface area contributed by atoms with Crippen molar-refractivity contribution in [3.63, 3.8) is 0 Å². The van der Waals surface area contributed by atoms with Gasteiger partial charge in [-0.05, 0) is 109 Å². The van der Waals surface area contributed by atoms with Crippen molar-refractivity contribution in [3.8, 4) is 0 Å². The molecule has 0 aliphatic rings. The Morgan fingerprint density at radius 2 is 0.703 bits per heavy atom. The van der Waals surface area contributed by atoms with Crippen molar-refractivity contribution in [2.24, 2.45) is 0 Å². The minimum atomic E-state index is -4.47. The molecule has 91 heavy (non-hydrogen) atoms. The number of phosphoric ester groups is 1. The quantitative estimate of drug-likeness (QED) is 0.0205. The van der Waals surface area contributed by atoms with Crippen molar-refractivity contribution in [1.29, 1.82) is 0 Å². The molecule has 3 unspecified atom stereocenters. The zero-order valence-electron chi connectivity index (χ0n) is 60.6. The maximum Gasteiger partial charge on any atom is 0.472 e. The topological polar surface area (TPSA) is 111 Å². The lowest BCUT2D eigenvalue weighted by Crippen LogP contribution is -2.47. The molecule has 0 radical (unpaired) electrons. The van der Waals surface area contributed by atoms with Gasteiger partial charge in [-0.25, -0.2) is 4.57 Å². The molecule has 0 aromatic heterocycles. The molecule has 0 bridgehead atoms.